The molecule has 5 nitrogen and oxygen atoms in total. The van der Waals surface area contributed by atoms with Gasteiger partial charge >= 0.3 is 0 Å². The molecule has 0 spiro atoms. The molecule has 0 heterocycles. The van der Waals surface area contributed by atoms with Crippen molar-refractivity contribution in [1.82, 2.24) is 5.43 Å². The van der Waals surface area contributed by atoms with E-state index in [0.29, 0.717) is 11.5 Å². The van der Waals surface area contributed by atoms with Crippen molar-refractivity contribution in [1.29, 1.82) is 0 Å². The number of benzene rings is 3. The maximum Gasteiger partial charge on any atom is 0.277 e. The van der Waals surface area contributed by atoms with Crippen LogP contribution in [0.1, 0.15) is 5.56 Å². The quantitative estimate of drug-likeness (QED) is 0.555. The van der Waals surface area contributed by atoms with Crippen LogP contribution < -0.4 is 14.9 Å². The molecule has 0 unspecified atom stereocenters. The maximum absolute atomic E-state index is 11.8. The highest BCUT2D eigenvalue weighted by Crippen LogP contribution is 2.20. The largest absolute Gasteiger partial charge is 0.496 e. The molecule has 0 bridgehead atoms. The van der Waals surface area contributed by atoms with Crippen LogP contribution in [0.3, 0.4) is 0 Å². The highest BCUT2D eigenvalue weighted by atomic mass is 16.5. The molecule has 0 radical (unpaired) electrons. The highest BCUT2D eigenvalue weighted by Gasteiger charge is 2.03. The van der Waals surface area contributed by atoms with Crippen molar-refractivity contribution >= 4 is 22.9 Å². The Morgan fingerprint density at radius 3 is 2.64 bits per heavy atom. The number of para-hydroxylation sites is 1. The zero-order chi connectivity index (χ0) is 17.5. The van der Waals surface area contributed by atoms with E-state index in [9.17, 15) is 4.79 Å². The Labute approximate surface area is 145 Å². The van der Waals surface area contributed by atoms with Gasteiger partial charge in [0.25, 0.3) is 5.91 Å². The summed E-state index contributed by atoms with van der Waals surface area (Å²) in [6, 6.07) is 21.1. The molecule has 0 saturated heterocycles. The molecule has 126 valence electrons. The van der Waals surface area contributed by atoms with Crippen molar-refractivity contribution in [2.45, 2.75) is 0 Å². The second kappa shape index (κ2) is 7.97. The first kappa shape index (κ1) is 16.5. The smallest absolute Gasteiger partial charge is 0.277 e. The Morgan fingerprint density at radius 1 is 1.04 bits per heavy atom. The fourth-order valence-electron chi connectivity index (χ4n) is 2.39. The van der Waals surface area contributed by atoms with E-state index in [4.69, 9.17) is 9.47 Å². The summed E-state index contributed by atoms with van der Waals surface area (Å²) in [4.78, 5) is 11.8. The number of rotatable bonds is 6. The lowest BCUT2D eigenvalue weighted by Crippen LogP contribution is -2.24. The van der Waals surface area contributed by atoms with E-state index in [-0.39, 0.29) is 12.5 Å². The Morgan fingerprint density at radius 2 is 1.80 bits per heavy atom. The number of hydrogen-bond acceptors (Lipinski definition) is 4. The van der Waals surface area contributed by atoms with Crippen LogP contribution in [-0.4, -0.2) is 25.8 Å². The van der Waals surface area contributed by atoms with Crippen LogP contribution in [0, 0.1) is 0 Å². The zero-order valence-electron chi connectivity index (χ0n) is 13.8. The molecular formula is C20H18N2O3. The van der Waals surface area contributed by atoms with Crippen molar-refractivity contribution < 1.29 is 14.3 Å². The first-order valence-corrected chi connectivity index (χ1v) is 7.83. The van der Waals surface area contributed by atoms with Gasteiger partial charge in [0.2, 0.25) is 0 Å². The van der Waals surface area contributed by atoms with E-state index >= 15 is 0 Å². The summed E-state index contributed by atoms with van der Waals surface area (Å²) in [5.74, 6) is 0.995. The summed E-state index contributed by atoms with van der Waals surface area (Å²) in [5.41, 5.74) is 3.22. The van der Waals surface area contributed by atoms with Gasteiger partial charge in [0.1, 0.15) is 11.5 Å². The van der Waals surface area contributed by atoms with E-state index in [1.807, 2.05) is 66.7 Å². The molecule has 0 aliphatic carbocycles. The Kier molecular flexibility index (Phi) is 5.26. The minimum absolute atomic E-state index is 0.110. The van der Waals surface area contributed by atoms with E-state index < -0.39 is 0 Å². The summed E-state index contributed by atoms with van der Waals surface area (Å²) in [5, 5.41) is 6.12. The lowest BCUT2D eigenvalue weighted by atomic mass is 10.1. The summed E-state index contributed by atoms with van der Waals surface area (Å²) < 4.78 is 10.7. The van der Waals surface area contributed by atoms with Gasteiger partial charge in [0.15, 0.2) is 6.61 Å². The zero-order valence-corrected chi connectivity index (χ0v) is 13.8. The molecule has 1 N–H and O–H groups in total. The highest BCUT2D eigenvalue weighted by molar-refractivity contribution is 5.86. The topological polar surface area (TPSA) is 59.9 Å². The van der Waals surface area contributed by atoms with Gasteiger partial charge in [-0.15, -0.1) is 0 Å². The molecule has 3 aromatic carbocycles. The van der Waals surface area contributed by atoms with Crippen LogP contribution in [0.4, 0.5) is 0 Å². The summed E-state index contributed by atoms with van der Waals surface area (Å²) in [6.07, 6.45) is 1.53. The first-order chi connectivity index (χ1) is 12.3. The number of methoxy groups -OCH3 is 1. The number of nitrogens with one attached hydrogen (secondary N) is 1. The number of hydrazone groups is 1. The van der Waals surface area contributed by atoms with Crippen molar-refractivity contribution in [3.8, 4) is 11.5 Å². The number of amides is 1. The average molecular weight is 334 g/mol. The second-order valence-corrected chi connectivity index (χ2v) is 5.33. The predicted octanol–water partition coefficient (Wildman–Crippen LogP) is 3.38. The number of hydrogen-bond donors (Lipinski definition) is 1. The first-order valence-electron chi connectivity index (χ1n) is 7.83. The molecule has 0 fully saturated rings. The van der Waals surface area contributed by atoms with Crippen LogP contribution in [0.2, 0.25) is 0 Å². The minimum Gasteiger partial charge on any atom is -0.496 e. The summed E-state index contributed by atoms with van der Waals surface area (Å²) >= 11 is 0. The molecule has 3 aromatic rings. The SMILES string of the molecule is COc1ccccc1C=NNC(=O)COc1ccc2ccccc2c1. The van der Waals surface area contributed by atoms with Crippen molar-refractivity contribution in [2.75, 3.05) is 13.7 Å². The van der Waals surface area contributed by atoms with Crippen LogP contribution >= 0.6 is 0 Å². The lowest BCUT2D eigenvalue weighted by Gasteiger charge is -2.06. The number of fused-ring (bicyclic) bond motifs is 1. The van der Waals surface area contributed by atoms with Gasteiger partial charge in [-0.25, -0.2) is 5.43 Å². The third-order valence-electron chi connectivity index (χ3n) is 3.62. The molecule has 1 amide bonds. The molecule has 0 aromatic heterocycles. The summed E-state index contributed by atoms with van der Waals surface area (Å²) in [7, 11) is 1.59. The molecule has 25 heavy (non-hydrogen) atoms. The second-order valence-electron chi connectivity index (χ2n) is 5.33. The summed E-state index contributed by atoms with van der Waals surface area (Å²) in [6.45, 7) is -0.110. The van der Waals surface area contributed by atoms with Gasteiger partial charge in [0.05, 0.1) is 13.3 Å². The van der Waals surface area contributed by atoms with E-state index in [2.05, 4.69) is 10.5 Å². The van der Waals surface area contributed by atoms with E-state index in [1.54, 1.807) is 7.11 Å². The van der Waals surface area contributed by atoms with Crippen LogP contribution in [0.5, 0.6) is 11.5 Å². The van der Waals surface area contributed by atoms with Crippen LogP contribution in [-0.2, 0) is 4.79 Å². The Hall–Kier alpha value is -3.34. The van der Waals surface area contributed by atoms with Gasteiger partial charge < -0.3 is 9.47 Å². The lowest BCUT2D eigenvalue weighted by molar-refractivity contribution is -0.123. The van der Waals surface area contributed by atoms with Crippen LogP contribution in [0.25, 0.3) is 10.8 Å². The molecular weight excluding hydrogens is 316 g/mol. The van der Waals surface area contributed by atoms with Gasteiger partial charge in [-0.1, -0.05) is 42.5 Å². The third-order valence-corrected chi connectivity index (χ3v) is 3.62. The minimum atomic E-state index is -0.334. The molecule has 5 heteroatoms. The molecule has 0 aliphatic rings. The third kappa shape index (κ3) is 4.35. The van der Waals surface area contributed by atoms with E-state index in [1.165, 1.54) is 6.21 Å². The average Bonchev–Trinajstić information content (AvgIpc) is 2.66. The Balaban J connectivity index is 1.54. The standard InChI is InChI=1S/C20H18N2O3/c1-24-19-9-5-4-8-17(19)13-21-22-20(23)14-25-18-11-10-15-6-2-3-7-16(15)12-18/h2-13H,14H2,1H3,(H,22,23). The molecule has 0 saturated carbocycles. The molecule has 0 aliphatic heterocycles. The molecule has 0 atom stereocenters. The number of carbonyl (C=O) groups is 1. The fraction of sp³-hybridized carbons (Fsp3) is 0.100. The number of carbonyl (C=O) groups excluding carboxylic acids is 1. The molecule has 3 rings (SSSR count). The van der Waals surface area contributed by atoms with Crippen LogP contribution in [0.15, 0.2) is 71.8 Å². The van der Waals surface area contributed by atoms with Crippen molar-refractivity contribution in [3.63, 3.8) is 0 Å². The van der Waals surface area contributed by atoms with Gasteiger partial charge in [-0.05, 0) is 35.0 Å². The maximum atomic E-state index is 11.8. The monoisotopic (exact) mass is 334 g/mol. The number of nitrogens with zero attached hydrogens (tertiary/aromatic N) is 1. The Bertz CT molecular complexity index is 906. The van der Waals surface area contributed by atoms with Crippen molar-refractivity contribution in [2.24, 2.45) is 5.10 Å². The van der Waals surface area contributed by atoms with E-state index in [0.717, 1.165) is 16.3 Å². The van der Waals surface area contributed by atoms with Gasteiger partial charge in [-0.3, -0.25) is 4.79 Å². The number of ether oxygens (including phenoxy) is 2. The fourth-order valence-corrected chi connectivity index (χ4v) is 2.39. The normalized spacial score (nSPS) is 10.8. The van der Waals surface area contributed by atoms with Gasteiger partial charge in [-0.2, -0.15) is 5.10 Å². The van der Waals surface area contributed by atoms with Crippen molar-refractivity contribution in [3.05, 3.63) is 72.3 Å². The van der Waals surface area contributed by atoms with Gasteiger partial charge in [0, 0.05) is 5.56 Å². The predicted molar refractivity (Wildman–Crippen MR) is 98.2 cm³/mol.